The fourth-order valence-corrected chi connectivity index (χ4v) is 4.65. The van der Waals surface area contributed by atoms with Crippen LogP contribution in [0, 0.1) is 17.8 Å². The maximum absolute atomic E-state index is 12.9. The Kier molecular flexibility index (Phi) is 6.34. The Balaban J connectivity index is 1.20. The molecule has 0 radical (unpaired) electrons. The number of rotatable bonds is 5. The van der Waals surface area contributed by atoms with Gasteiger partial charge in [0.2, 0.25) is 11.8 Å². The third-order valence-corrected chi connectivity index (χ3v) is 6.55. The number of piperazine rings is 1. The quantitative estimate of drug-likeness (QED) is 0.770. The molecule has 1 saturated carbocycles. The van der Waals surface area contributed by atoms with Gasteiger partial charge in [0.1, 0.15) is 0 Å². The average molecular weight is 396 g/mol. The number of carbonyl (C=O) groups excluding carboxylic acids is 2. The minimum absolute atomic E-state index is 0.0559. The van der Waals surface area contributed by atoms with Gasteiger partial charge in [-0.05, 0) is 30.7 Å². The van der Waals surface area contributed by atoms with Gasteiger partial charge in [-0.2, -0.15) is 0 Å². The lowest BCUT2D eigenvalue weighted by atomic mass is 10.00. The third kappa shape index (κ3) is 5.08. The summed E-state index contributed by atoms with van der Waals surface area (Å²) in [7, 11) is 0. The summed E-state index contributed by atoms with van der Waals surface area (Å²) >= 11 is 0. The van der Waals surface area contributed by atoms with Gasteiger partial charge in [0.25, 0.3) is 0 Å². The molecule has 2 heterocycles. The zero-order valence-electron chi connectivity index (χ0n) is 17.5. The van der Waals surface area contributed by atoms with Crippen LogP contribution in [0.3, 0.4) is 0 Å². The van der Waals surface area contributed by atoms with E-state index in [0.29, 0.717) is 5.92 Å². The molecular formula is C24H33N3O2. The van der Waals surface area contributed by atoms with Crippen molar-refractivity contribution < 1.29 is 9.59 Å². The summed E-state index contributed by atoms with van der Waals surface area (Å²) in [4.78, 5) is 31.9. The minimum atomic E-state index is -0.0655. The molecule has 3 unspecified atom stereocenters. The van der Waals surface area contributed by atoms with Crippen LogP contribution in [0.15, 0.2) is 36.4 Å². The fraction of sp³-hybridized carbons (Fsp3) is 0.583. The molecule has 29 heavy (non-hydrogen) atoms. The number of carbonyl (C=O) groups is 2. The van der Waals surface area contributed by atoms with Gasteiger partial charge in [-0.3, -0.25) is 14.5 Å². The van der Waals surface area contributed by atoms with Gasteiger partial charge < -0.3 is 9.80 Å². The molecule has 1 aromatic rings. The minimum Gasteiger partial charge on any atom is -0.342 e. The predicted octanol–water partition coefficient (Wildman–Crippen LogP) is 2.74. The second-order valence-corrected chi connectivity index (χ2v) is 8.92. The Morgan fingerprint density at radius 1 is 0.966 bits per heavy atom. The van der Waals surface area contributed by atoms with Crippen molar-refractivity contribution in [3.05, 3.63) is 42.0 Å². The van der Waals surface area contributed by atoms with Gasteiger partial charge in [-0.15, -0.1) is 0 Å². The number of likely N-dealkylation sites (tertiary alicyclic amines) is 1. The third-order valence-electron chi connectivity index (χ3n) is 6.55. The summed E-state index contributed by atoms with van der Waals surface area (Å²) in [5.74, 6) is 0.890. The number of hydrogen-bond acceptors (Lipinski definition) is 3. The lowest BCUT2D eigenvalue weighted by molar-refractivity contribution is -0.139. The van der Waals surface area contributed by atoms with Crippen LogP contribution in [0.25, 0.3) is 6.08 Å². The van der Waals surface area contributed by atoms with Crippen molar-refractivity contribution >= 4 is 17.9 Å². The van der Waals surface area contributed by atoms with E-state index in [2.05, 4.69) is 36.1 Å². The highest BCUT2D eigenvalue weighted by atomic mass is 16.2. The van der Waals surface area contributed by atoms with Gasteiger partial charge in [0.15, 0.2) is 0 Å². The summed E-state index contributed by atoms with van der Waals surface area (Å²) < 4.78 is 0. The molecule has 3 atom stereocenters. The van der Waals surface area contributed by atoms with Crippen LogP contribution in [0.5, 0.6) is 0 Å². The zero-order chi connectivity index (χ0) is 20.2. The topological polar surface area (TPSA) is 43.9 Å². The van der Waals surface area contributed by atoms with Crippen LogP contribution in [0.1, 0.15) is 31.7 Å². The second kappa shape index (κ2) is 9.12. The Bertz CT molecular complexity index is 740. The van der Waals surface area contributed by atoms with E-state index in [4.69, 9.17) is 0 Å². The lowest BCUT2D eigenvalue weighted by Crippen LogP contribution is -2.49. The molecule has 0 aromatic heterocycles. The summed E-state index contributed by atoms with van der Waals surface area (Å²) in [5, 5.41) is 0. The number of amides is 2. The first-order valence-electron chi connectivity index (χ1n) is 11.1. The Labute approximate surface area is 174 Å². The SMILES string of the molecule is CC1CCCN(C(=O)C2CC2C(=O)N2CCN(C/C=C/c3ccccc3)CC2)C1. The molecule has 5 heteroatoms. The molecule has 2 amide bonds. The predicted molar refractivity (Wildman–Crippen MR) is 115 cm³/mol. The van der Waals surface area contributed by atoms with Crippen LogP contribution < -0.4 is 0 Å². The Hall–Kier alpha value is -2.14. The second-order valence-electron chi connectivity index (χ2n) is 8.92. The van der Waals surface area contributed by atoms with Gasteiger partial charge >= 0.3 is 0 Å². The van der Waals surface area contributed by atoms with E-state index in [1.165, 1.54) is 12.0 Å². The van der Waals surface area contributed by atoms with E-state index in [-0.39, 0.29) is 23.7 Å². The molecule has 3 fully saturated rings. The molecule has 1 aliphatic carbocycles. The number of piperidine rings is 1. The first kappa shape index (κ1) is 20.1. The van der Waals surface area contributed by atoms with E-state index in [1.807, 2.05) is 28.0 Å². The molecule has 0 N–H and O–H groups in total. The maximum Gasteiger partial charge on any atom is 0.226 e. The smallest absolute Gasteiger partial charge is 0.226 e. The molecule has 1 aromatic carbocycles. The summed E-state index contributed by atoms with van der Waals surface area (Å²) in [5.41, 5.74) is 1.22. The normalized spacial score (nSPS) is 28.0. The van der Waals surface area contributed by atoms with Crippen molar-refractivity contribution in [3.63, 3.8) is 0 Å². The standard InChI is InChI=1S/C24H33N3O2/c1-19-7-5-12-27(18-19)24(29)22-17-21(22)23(28)26-15-13-25(14-16-26)11-6-10-20-8-3-2-4-9-20/h2-4,6,8-10,19,21-22H,5,7,11-18H2,1H3/b10-6+. The summed E-state index contributed by atoms with van der Waals surface area (Å²) in [6, 6.07) is 10.3. The van der Waals surface area contributed by atoms with Crippen LogP contribution in [-0.2, 0) is 9.59 Å². The molecule has 0 spiro atoms. The van der Waals surface area contributed by atoms with Crippen molar-refractivity contribution in [2.24, 2.45) is 17.8 Å². The summed E-state index contributed by atoms with van der Waals surface area (Å²) in [6.07, 6.45) is 7.41. The first-order valence-corrected chi connectivity index (χ1v) is 11.1. The van der Waals surface area contributed by atoms with E-state index in [9.17, 15) is 9.59 Å². The molecule has 2 saturated heterocycles. The van der Waals surface area contributed by atoms with Gasteiger partial charge in [0.05, 0.1) is 11.8 Å². The molecule has 0 bridgehead atoms. The van der Waals surface area contributed by atoms with Gasteiger partial charge in [-0.1, -0.05) is 49.4 Å². The van der Waals surface area contributed by atoms with E-state index in [0.717, 1.165) is 58.7 Å². The largest absolute Gasteiger partial charge is 0.342 e. The number of nitrogens with zero attached hydrogens (tertiary/aromatic N) is 3. The van der Waals surface area contributed by atoms with E-state index < -0.39 is 0 Å². The molecule has 5 nitrogen and oxygen atoms in total. The maximum atomic E-state index is 12.9. The number of hydrogen-bond donors (Lipinski definition) is 0. The Morgan fingerprint density at radius 2 is 1.66 bits per heavy atom. The van der Waals surface area contributed by atoms with Crippen molar-refractivity contribution in [2.45, 2.75) is 26.2 Å². The van der Waals surface area contributed by atoms with Gasteiger partial charge in [0, 0.05) is 45.8 Å². The Morgan fingerprint density at radius 3 is 2.34 bits per heavy atom. The van der Waals surface area contributed by atoms with Gasteiger partial charge in [-0.25, -0.2) is 0 Å². The van der Waals surface area contributed by atoms with Crippen molar-refractivity contribution in [1.29, 1.82) is 0 Å². The average Bonchev–Trinajstić information content (AvgIpc) is 3.55. The zero-order valence-corrected chi connectivity index (χ0v) is 17.5. The van der Waals surface area contributed by atoms with Crippen LogP contribution in [0.4, 0.5) is 0 Å². The highest BCUT2D eigenvalue weighted by molar-refractivity contribution is 5.92. The van der Waals surface area contributed by atoms with Crippen molar-refractivity contribution in [1.82, 2.24) is 14.7 Å². The van der Waals surface area contributed by atoms with E-state index in [1.54, 1.807) is 0 Å². The molecule has 156 valence electrons. The van der Waals surface area contributed by atoms with Crippen LogP contribution >= 0.6 is 0 Å². The number of benzene rings is 1. The summed E-state index contributed by atoms with van der Waals surface area (Å²) in [6.45, 7) is 8.21. The van der Waals surface area contributed by atoms with Crippen LogP contribution in [-0.4, -0.2) is 72.3 Å². The van der Waals surface area contributed by atoms with Crippen molar-refractivity contribution in [3.8, 4) is 0 Å². The highest BCUT2D eigenvalue weighted by Crippen LogP contribution is 2.42. The molecular weight excluding hydrogens is 362 g/mol. The highest BCUT2D eigenvalue weighted by Gasteiger charge is 2.51. The van der Waals surface area contributed by atoms with Crippen LogP contribution in [0.2, 0.25) is 0 Å². The molecule has 4 rings (SSSR count). The van der Waals surface area contributed by atoms with E-state index >= 15 is 0 Å². The first-order chi connectivity index (χ1) is 14.1. The fourth-order valence-electron chi connectivity index (χ4n) is 4.65. The van der Waals surface area contributed by atoms with Crippen molar-refractivity contribution in [2.75, 3.05) is 45.8 Å². The molecule has 3 aliphatic rings. The monoisotopic (exact) mass is 395 g/mol. The lowest BCUT2D eigenvalue weighted by Gasteiger charge is -2.34. The molecule has 2 aliphatic heterocycles.